The average molecular weight is 269 g/mol. The van der Waals surface area contributed by atoms with Crippen LogP contribution in [0, 0.1) is 0 Å². The Kier molecular flexibility index (Phi) is 2.84. The van der Waals surface area contributed by atoms with Gasteiger partial charge in [0, 0.05) is 17.1 Å². The third-order valence-corrected chi connectivity index (χ3v) is 3.44. The van der Waals surface area contributed by atoms with Gasteiger partial charge in [0.05, 0.1) is 6.20 Å². The summed E-state index contributed by atoms with van der Waals surface area (Å²) in [5.41, 5.74) is 1.15. The molecule has 0 aliphatic heterocycles. The van der Waals surface area contributed by atoms with E-state index in [1.54, 1.807) is 11.3 Å². The van der Waals surface area contributed by atoms with Crippen LogP contribution in [0.3, 0.4) is 0 Å². The highest BCUT2D eigenvalue weighted by atomic mass is 79.9. The average Bonchev–Trinajstić information content (AvgIpc) is 2.67. The minimum Gasteiger partial charge on any atom is -0.379 e. The van der Waals surface area contributed by atoms with E-state index in [9.17, 15) is 0 Å². The first-order valence-corrected chi connectivity index (χ1v) is 5.80. The monoisotopic (exact) mass is 268 g/mol. The fourth-order valence-electron chi connectivity index (χ4n) is 1.12. The van der Waals surface area contributed by atoms with E-state index >= 15 is 0 Å². The van der Waals surface area contributed by atoms with Crippen LogP contribution >= 0.6 is 27.3 Å². The Labute approximate surface area is 95.1 Å². The molecule has 2 nitrogen and oxygen atoms in total. The maximum absolute atomic E-state index is 4.33. The molecule has 0 spiro atoms. The Morgan fingerprint density at radius 2 is 2.00 bits per heavy atom. The Balaban J connectivity index is 2.34. The summed E-state index contributed by atoms with van der Waals surface area (Å²) in [6.45, 7) is 0. The van der Waals surface area contributed by atoms with Gasteiger partial charge in [-0.15, -0.1) is 0 Å². The number of rotatable bonds is 2. The number of aromatic nitrogens is 1. The quantitative estimate of drug-likeness (QED) is 0.900. The molecule has 1 N–H and O–H groups in total. The van der Waals surface area contributed by atoms with E-state index in [-0.39, 0.29) is 0 Å². The molecule has 0 aliphatic rings. The van der Waals surface area contributed by atoms with Crippen molar-refractivity contribution in [1.82, 2.24) is 4.98 Å². The van der Waals surface area contributed by atoms with Crippen LogP contribution in [-0.2, 0) is 0 Å². The zero-order valence-electron chi connectivity index (χ0n) is 7.62. The molecule has 1 aromatic heterocycles. The van der Waals surface area contributed by atoms with Crippen molar-refractivity contribution in [3.63, 3.8) is 0 Å². The number of thiazole rings is 1. The van der Waals surface area contributed by atoms with Gasteiger partial charge in [-0.3, -0.25) is 0 Å². The van der Waals surface area contributed by atoms with Crippen molar-refractivity contribution in [2.45, 2.75) is 0 Å². The summed E-state index contributed by atoms with van der Waals surface area (Å²) >= 11 is 5.06. The molecular weight excluding hydrogens is 260 g/mol. The summed E-state index contributed by atoms with van der Waals surface area (Å²) in [7, 11) is 1.90. The van der Waals surface area contributed by atoms with Gasteiger partial charge in [0.2, 0.25) is 0 Å². The molecule has 0 saturated heterocycles. The second kappa shape index (κ2) is 4.11. The first kappa shape index (κ1) is 9.68. The Bertz CT molecular complexity index is 422. The summed E-state index contributed by atoms with van der Waals surface area (Å²) in [5, 5.41) is 5.20. The molecule has 2 rings (SSSR count). The number of nitrogens with one attached hydrogen (secondary N) is 1. The minimum absolute atomic E-state index is 1.04. The lowest BCUT2D eigenvalue weighted by Gasteiger charge is -1.95. The van der Waals surface area contributed by atoms with Gasteiger partial charge >= 0.3 is 0 Å². The van der Waals surface area contributed by atoms with Crippen LogP contribution in [-0.4, -0.2) is 12.0 Å². The zero-order chi connectivity index (χ0) is 9.97. The molecule has 0 fully saturated rings. The number of hydrogen-bond acceptors (Lipinski definition) is 3. The van der Waals surface area contributed by atoms with Gasteiger partial charge in [0.1, 0.15) is 10.0 Å². The maximum Gasteiger partial charge on any atom is 0.125 e. The second-order valence-electron chi connectivity index (χ2n) is 2.79. The van der Waals surface area contributed by atoms with Crippen molar-refractivity contribution in [3.8, 4) is 10.6 Å². The topological polar surface area (TPSA) is 24.9 Å². The Morgan fingerprint density at radius 3 is 2.57 bits per heavy atom. The highest BCUT2D eigenvalue weighted by Gasteiger charge is 2.02. The molecule has 0 atom stereocenters. The van der Waals surface area contributed by atoms with Crippen molar-refractivity contribution < 1.29 is 0 Å². The van der Waals surface area contributed by atoms with Crippen molar-refractivity contribution in [2.24, 2.45) is 0 Å². The smallest absolute Gasteiger partial charge is 0.125 e. The molecule has 0 saturated carbocycles. The second-order valence-corrected chi connectivity index (χ2v) is 4.73. The lowest BCUT2D eigenvalue weighted by molar-refractivity contribution is 1.40. The van der Waals surface area contributed by atoms with Crippen LogP contribution in [0.15, 0.2) is 34.9 Å². The Hall–Kier alpha value is -0.870. The van der Waals surface area contributed by atoms with Gasteiger partial charge < -0.3 is 5.32 Å². The maximum atomic E-state index is 4.33. The van der Waals surface area contributed by atoms with Crippen LogP contribution in [0.5, 0.6) is 0 Å². The van der Waals surface area contributed by atoms with Crippen molar-refractivity contribution in [3.05, 3.63) is 34.9 Å². The molecule has 2 aromatic rings. The van der Waals surface area contributed by atoms with Gasteiger partial charge in [0.25, 0.3) is 0 Å². The largest absolute Gasteiger partial charge is 0.379 e. The summed E-state index contributed by atoms with van der Waals surface area (Å²) in [5.74, 6) is 0. The summed E-state index contributed by atoms with van der Waals surface area (Å²) < 4.78 is 1.09. The van der Waals surface area contributed by atoms with Crippen LogP contribution < -0.4 is 5.32 Å². The molecule has 4 heteroatoms. The number of halogens is 1. The molecule has 0 aliphatic carbocycles. The molecule has 0 unspecified atom stereocenters. The highest BCUT2D eigenvalue weighted by Crippen LogP contribution is 2.28. The molecule has 0 bridgehead atoms. The normalized spacial score (nSPS) is 10.1. The third kappa shape index (κ3) is 1.96. The summed E-state index contributed by atoms with van der Waals surface area (Å²) in [6, 6.07) is 8.16. The minimum atomic E-state index is 1.04. The molecule has 0 amide bonds. The van der Waals surface area contributed by atoms with Crippen molar-refractivity contribution >= 4 is 32.3 Å². The molecule has 1 aromatic carbocycles. The van der Waals surface area contributed by atoms with E-state index in [4.69, 9.17) is 0 Å². The first-order valence-electron chi connectivity index (χ1n) is 4.19. The first-order chi connectivity index (χ1) is 6.79. The van der Waals surface area contributed by atoms with E-state index in [0.717, 1.165) is 20.0 Å². The van der Waals surface area contributed by atoms with Gasteiger partial charge in [-0.05, 0) is 12.1 Å². The predicted molar refractivity (Wildman–Crippen MR) is 64.8 cm³/mol. The predicted octanol–water partition coefficient (Wildman–Crippen LogP) is 3.61. The molecule has 0 radical (unpaired) electrons. The van der Waals surface area contributed by atoms with E-state index < -0.39 is 0 Å². The number of hydrogen-bond donors (Lipinski definition) is 1. The van der Waals surface area contributed by atoms with E-state index in [0.29, 0.717) is 0 Å². The SMILES string of the molecule is CNc1cnc(-c2ccc(Br)cc2)s1. The number of anilines is 1. The summed E-state index contributed by atoms with van der Waals surface area (Å²) in [6.07, 6.45) is 1.85. The van der Waals surface area contributed by atoms with Crippen LogP contribution in [0.2, 0.25) is 0 Å². The lowest BCUT2D eigenvalue weighted by atomic mass is 10.2. The highest BCUT2D eigenvalue weighted by molar-refractivity contribution is 9.10. The van der Waals surface area contributed by atoms with Crippen molar-refractivity contribution in [2.75, 3.05) is 12.4 Å². The van der Waals surface area contributed by atoms with Crippen LogP contribution in [0.25, 0.3) is 10.6 Å². The molecule has 1 heterocycles. The van der Waals surface area contributed by atoms with Crippen LogP contribution in [0.4, 0.5) is 5.00 Å². The fourth-order valence-corrected chi connectivity index (χ4v) is 2.16. The van der Waals surface area contributed by atoms with Gasteiger partial charge in [0.15, 0.2) is 0 Å². The zero-order valence-corrected chi connectivity index (χ0v) is 10.0. The van der Waals surface area contributed by atoms with E-state index in [1.165, 1.54) is 0 Å². The molecular formula is C10H9BrN2S. The van der Waals surface area contributed by atoms with Gasteiger partial charge in [-0.25, -0.2) is 4.98 Å². The number of benzene rings is 1. The number of nitrogens with zero attached hydrogens (tertiary/aromatic N) is 1. The van der Waals surface area contributed by atoms with Crippen LogP contribution in [0.1, 0.15) is 0 Å². The lowest BCUT2D eigenvalue weighted by Crippen LogP contribution is -1.80. The van der Waals surface area contributed by atoms with E-state index in [1.807, 2.05) is 25.4 Å². The Morgan fingerprint density at radius 1 is 1.29 bits per heavy atom. The van der Waals surface area contributed by atoms with Gasteiger partial charge in [-0.2, -0.15) is 0 Å². The standard InChI is InChI=1S/C10H9BrN2S/c1-12-9-6-13-10(14-9)7-2-4-8(11)5-3-7/h2-6,12H,1H3. The fraction of sp³-hybridized carbons (Fsp3) is 0.100. The van der Waals surface area contributed by atoms with E-state index in [2.05, 4.69) is 38.4 Å². The third-order valence-electron chi connectivity index (χ3n) is 1.84. The van der Waals surface area contributed by atoms with Gasteiger partial charge in [-0.1, -0.05) is 39.4 Å². The molecule has 72 valence electrons. The summed E-state index contributed by atoms with van der Waals surface area (Å²) in [4.78, 5) is 4.33. The van der Waals surface area contributed by atoms with Crippen molar-refractivity contribution in [1.29, 1.82) is 0 Å². The molecule has 14 heavy (non-hydrogen) atoms.